The van der Waals surface area contributed by atoms with Gasteiger partial charge < -0.3 is 15.0 Å². The zero-order valence-corrected chi connectivity index (χ0v) is 11.4. The van der Waals surface area contributed by atoms with Crippen molar-refractivity contribution in [2.45, 2.75) is 13.8 Å². The molecule has 0 saturated heterocycles. The first kappa shape index (κ1) is 13.4. The highest BCUT2D eigenvalue weighted by atomic mass is 16.5. The van der Waals surface area contributed by atoms with E-state index in [1.165, 1.54) is 7.11 Å². The first-order valence-electron chi connectivity index (χ1n) is 6.36. The molecular formula is C14H19N3O2. The van der Waals surface area contributed by atoms with Gasteiger partial charge in [0.2, 0.25) is 0 Å². The van der Waals surface area contributed by atoms with E-state index in [9.17, 15) is 4.79 Å². The number of imidazole rings is 1. The van der Waals surface area contributed by atoms with Crippen molar-refractivity contribution in [1.82, 2.24) is 9.97 Å². The number of rotatable bonds is 5. The summed E-state index contributed by atoms with van der Waals surface area (Å²) in [7, 11) is 1.42. The van der Waals surface area contributed by atoms with Gasteiger partial charge in [-0.25, -0.2) is 4.98 Å². The third-order valence-corrected chi connectivity index (χ3v) is 3.26. The molecule has 0 spiro atoms. The molecule has 1 unspecified atom stereocenters. The number of carbonyl (C=O) groups is 1. The van der Waals surface area contributed by atoms with Gasteiger partial charge >= 0.3 is 5.97 Å². The highest BCUT2D eigenvalue weighted by Crippen LogP contribution is 2.18. The first-order valence-corrected chi connectivity index (χ1v) is 6.36. The second-order valence-corrected chi connectivity index (χ2v) is 4.89. The Balaban J connectivity index is 2.05. The van der Waals surface area contributed by atoms with Gasteiger partial charge in [0.25, 0.3) is 0 Å². The predicted molar refractivity (Wildman–Crippen MR) is 74.9 cm³/mol. The van der Waals surface area contributed by atoms with Crippen LogP contribution < -0.4 is 5.32 Å². The Kier molecular flexibility index (Phi) is 4.04. The molecule has 0 aliphatic heterocycles. The van der Waals surface area contributed by atoms with Gasteiger partial charge in [0.1, 0.15) is 0 Å². The number of aromatic amines is 1. The number of anilines is 1. The Bertz CT molecular complexity index is 563. The summed E-state index contributed by atoms with van der Waals surface area (Å²) >= 11 is 0. The summed E-state index contributed by atoms with van der Waals surface area (Å²) in [4.78, 5) is 18.9. The van der Waals surface area contributed by atoms with Crippen LogP contribution >= 0.6 is 0 Å². The maximum absolute atomic E-state index is 11.7. The molecule has 102 valence electrons. The predicted octanol–water partition coefficient (Wildman–Crippen LogP) is 2.42. The lowest BCUT2D eigenvalue weighted by Gasteiger charge is -2.19. The lowest BCUT2D eigenvalue weighted by molar-refractivity contribution is -0.146. The number of hydrogen-bond donors (Lipinski definition) is 2. The maximum atomic E-state index is 11.7. The zero-order valence-electron chi connectivity index (χ0n) is 11.4. The minimum absolute atomic E-state index is 0.150. The number of H-pyrrole nitrogens is 1. The second kappa shape index (κ2) is 5.73. The number of methoxy groups -OCH3 is 1. The molecule has 1 aromatic carbocycles. The third-order valence-electron chi connectivity index (χ3n) is 3.26. The standard InChI is InChI=1S/C14H19N3O2/c1-9(2)11(14(18)19-3)7-15-10-4-5-12-13(6-10)17-8-16-12/h4-6,8-9,11,15H,7H2,1-3H3,(H,16,17). The average molecular weight is 261 g/mol. The van der Waals surface area contributed by atoms with Crippen molar-refractivity contribution in [1.29, 1.82) is 0 Å². The van der Waals surface area contributed by atoms with Crippen LogP contribution in [0.4, 0.5) is 5.69 Å². The van der Waals surface area contributed by atoms with Gasteiger partial charge in [-0.05, 0) is 24.1 Å². The number of benzene rings is 1. The molecule has 0 bridgehead atoms. The molecule has 1 heterocycles. The van der Waals surface area contributed by atoms with E-state index in [2.05, 4.69) is 15.3 Å². The number of aromatic nitrogens is 2. The van der Waals surface area contributed by atoms with Gasteiger partial charge in [0.15, 0.2) is 0 Å². The summed E-state index contributed by atoms with van der Waals surface area (Å²) in [6.45, 7) is 4.59. The van der Waals surface area contributed by atoms with Crippen molar-refractivity contribution in [2.75, 3.05) is 19.0 Å². The van der Waals surface area contributed by atoms with Crippen molar-refractivity contribution in [2.24, 2.45) is 11.8 Å². The summed E-state index contributed by atoms with van der Waals surface area (Å²) in [6, 6.07) is 5.88. The second-order valence-electron chi connectivity index (χ2n) is 4.89. The molecular weight excluding hydrogens is 242 g/mol. The van der Waals surface area contributed by atoms with E-state index in [4.69, 9.17) is 4.74 Å². The van der Waals surface area contributed by atoms with E-state index in [1.54, 1.807) is 6.33 Å². The highest BCUT2D eigenvalue weighted by Gasteiger charge is 2.22. The normalized spacial score (nSPS) is 12.6. The van der Waals surface area contributed by atoms with E-state index >= 15 is 0 Å². The molecule has 5 nitrogen and oxygen atoms in total. The minimum atomic E-state index is -0.176. The van der Waals surface area contributed by atoms with Gasteiger partial charge in [-0.15, -0.1) is 0 Å². The molecule has 2 rings (SSSR count). The smallest absolute Gasteiger partial charge is 0.310 e. The Morgan fingerprint density at radius 1 is 1.47 bits per heavy atom. The van der Waals surface area contributed by atoms with Crippen LogP contribution in [0.2, 0.25) is 0 Å². The molecule has 5 heteroatoms. The van der Waals surface area contributed by atoms with Crippen LogP contribution in [0.3, 0.4) is 0 Å². The molecule has 0 aliphatic carbocycles. The number of fused-ring (bicyclic) bond motifs is 1. The van der Waals surface area contributed by atoms with Gasteiger partial charge in [-0.1, -0.05) is 13.8 Å². The number of esters is 1. The van der Waals surface area contributed by atoms with Crippen LogP contribution in [0, 0.1) is 11.8 Å². The Hall–Kier alpha value is -2.04. The van der Waals surface area contributed by atoms with Crippen LogP contribution in [-0.4, -0.2) is 29.6 Å². The van der Waals surface area contributed by atoms with Crippen LogP contribution in [-0.2, 0) is 9.53 Å². The lowest BCUT2D eigenvalue weighted by Crippen LogP contribution is -2.28. The van der Waals surface area contributed by atoms with E-state index in [0.29, 0.717) is 6.54 Å². The van der Waals surface area contributed by atoms with Gasteiger partial charge in [0, 0.05) is 12.2 Å². The molecule has 1 atom stereocenters. The van der Waals surface area contributed by atoms with E-state index in [0.717, 1.165) is 16.7 Å². The molecule has 1 aromatic heterocycles. The van der Waals surface area contributed by atoms with E-state index < -0.39 is 0 Å². The molecule has 0 aliphatic rings. The molecule has 19 heavy (non-hydrogen) atoms. The fourth-order valence-corrected chi connectivity index (χ4v) is 2.02. The van der Waals surface area contributed by atoms with Crippen molar-refractivity contribution in [3.63, 3.8) is 0 Å². The van der Waals surface area contributed by atoms with Crippen molar-refractivity contribution >= 4 is 22.7 Å². The lowest BCUT2D eigenvalue weighted by atomic mass is 9.96. The Morgan fingerprint density at radius 2 is 2.26 bits per heavy atom. The minimum Gasteiger partial charge on any atom is -0.469 e. The van der Waals surface area contributed by atoms with Crippen molar-refractivity contribution in [3.05, 3.63) is 24.5 Å². The SMILES string of the molecule is COC(=O)C(CNc1ccc2nc[nH]c2c1)C(C)C. The Morgan fingerprint density at radius 3 is 2.95 bits per heavy atom. The van der Waals surface area contributed by atoms with E-state index in [-0.39, 0.29) is 17.8 Å². The highest BCUT2D eigenvalue weighted by molar-refractivity contribution is 5.79. The quantitative estimate of drug-likeness (QED) is 0.811. The summed E-state index contributed by atoms with van der Waals surface area (Å²) in [5.41, 5.74) is 2.87. The largest absolute Gasteiger partial charge is 0.469 e. The number of ether oxygens (including phenoxy) is 1. The molecule has 0 saturated carbocycles. The Labute approximate surface area is 112 Å². The summed E-state index contributed by atoms with van der Waals surface area (Å²) in [5, 5.41) is 3.27. The molecule has 2 aromatic rings. The number of nitrogens with one attached hydrogen (secondary N) is 2. The van der Waals surface area contributed by atoms with Crippen LogP contribution in [0.25, 0.3) is 11.0 Å². The maximum Gasteiger partial charge on any atom is 0.310 e. The number of carbonyl (C=O) groups excluding carboxylic acids is 1. The fraction of sp³-hybridized carbons (Fsp3) is 0.429. The summed E-state index contributed by atoms with van der Waals surface area (Å²) in [6.07, 6.45) is 1.67. The zero-order chi connectivity index (χ0) is 13.8. The van der Waals surface area contributed by atoms with Gasteiger partial charge in [-0.3, -0.25) is 4.79 Å². The summed E-state index contributed by atoms with van der Waals surface area (Å²) < 4.78 is 4.82. The van der Waals surface area contributed by atoms with Crippen LogP contribution in [0.15, 0.2) is 24.5 Å². The van der Waals surface area contributed by atoms with Gasteiger partial charge in [-0.2, -0.15) is 0 Å². The third kappa shape index (κ3) is 3.05. The first-order chi connectivity index (χ1) is 9.11. The van der Waals surface area contributed by atoms with E-state index in [1.807, 2.05) is 32.0 Å². The van der Waals surface area contributed by atoms with Crippen molar-refractivity contribution in [3.8, 4) is 0 Å². The number of hydrogen-bond acceptors (Lipinski definition) is 4. The fourth-order valence-electron chi connectivity index (χ4n) is 2.02. The molecule has 0 radical (unpaired) electrons. The topological polar surface area (TPSA) is 67.0 Å². The van der Waals surface area contributed by atoms with Gasteiger partial charge in [0.05, 0.1) is 30.4 Å². The monoisotopic (exact) mass is 261 g/mol. The molecule has 2 N–H and O–H groups in total. The molecule has 0 fully saturated rings. The van der Waals surface area contributed by atoms with Crippen LogP contribution in [0.5, 0.6) is 0 Å². The number of nitrogens with zero attached hydrogens (tertiary/aromatic N) is 1. The van der Waals surface area contributed by atoms with Crippen LogP contribution in [0.1, 0.15) is 13.8 Å². The molecule has 0 amide bonds. The van der Waals surface area contributed by atoms with Crippen molar-refractivity contribution < 1.29 is 9.53 Å². The summed E-state index contributed by atoms with van der Waals surface area (Å²) in [5.74, 6) is -0.0941. The average Bonchev–Trinajstić information content (AvgIpc) is 2.85.